The van der Waals surface area contributed by atoms with Gasteiger partial charge >= 0.3 is 0 Å². The molecule has 1 aromatic carbocycles. The zero-order chi connectivity index (χ0) is 20.6. The predicted octanol–water partition coefficient (Wildman–Crippen LogP) is 2.39. The zero-order valence-electron chi connectivity index (χ0n) is 17.6. The molecule has 0 radical (unpaired) electrons. The van der Waals surface area contributed by atoms with Crippen molar-refractivity contribution in [3.8, 4) is 0 Å². The Morgan fingerprint density at radius 3 is 2.63 bits per heavy atom. The van der Waals surface area contributed by atoms with Gasteiger partial charge in [-0.05, 0) is 50.7 Å². The molecule has 0 aliphatic carbocycles. The molecule has 0 saturated carbocycles. The van der Waals surface area contributed by atoms with Gasteiger partial charge in [0, 0.05) is 47.8 Å². The number of anilines is 1. The Kier molecular flexibility index (Phi) is 4.02. The molecule has 0 bridgehead atoms. The highest BCUT2D eigenvalue weighted by Crippen LogP contribution is 2.48. The number of hydrogen-bond donors (Lipinski definition) is 1. The summed E-state index contributed by atoms with van der Waals surface area (Å²) < 4.78 is 0.983. The third kappa shape index (κ3) is 2.46. The van der Waals surface area contributed by atoms with Gasteiger partial charge in [-0.1, -0.05) is 6.07 Å². The Morgan fingerprint density at radius 2 is 1.83 bits per heavy atom. The maximum absolute atomic E-state index is 13.7. The molecule has 30 heavy (non-hydrogen) atoms. The minimum Gasteiger partial charge on any atom is -0.454 e. The number of rotatable bonds is 1. The van der Waals surface area contributed by atoms with Crippen LogP contribution in [0.4, 0.5) is 5.69 Å². The number of nitrogens with zero attached hydrogens (tertiary/aromatic N) is 3. The standard InChI is InChI=1S/C24H32N4O2/c1-28-11-3-5-15-13-26-20(17(22(15)28)7-4-12-28)9-10-21(24(26)30)27-14-18-16(23(27)29)6-2-8-19(18)25/h2,6,8,15,17,20-22H,1,3-5,7,9-14,25H2/t15-,17-,20-,21?,22+,28?/m1/s1. The van der Waals surface area contributed by atoms with Crippen LogP contribution in [-0.2, 0) is 11.3 Å². The molecular formula is C24H32N4O2. The number of nitrogen functional groups attached to an aromatic ring is 1. The Hall–Kier alpha value is -2.08. The van der Waals surface area contributed by atoms with Crippen molar-refractivity contribution in [2.75, 3.05) is 25.4 Å². The number of nitrogens with two attached hydrogens (primary N) is 1. The molecular weight excluding hydrogens is 376 g/mol. The lowest BCUT2D eigenvalue weighted by Crippen LogP contribution is -2.73. The Labute approximate surface area is 178 Å². The average molecular weight is 409 g/mol. The van der Waals surface area contributed by atoms with Gasteiger partial charge in [0.15, 0.2) is 0 Å². The van der Waals surface area contributed by atoms with Crippen LogP contribution in [0.3, 0.4) is 0 Å². The summed E-state index contributed by atoms with van der Waals surface area (Å²) in [6.07, 6.45) is 6.64. The summed E-state index contributed by atoms with van der Waals surface area (Å²) in [5, 5.41) is 0. The largest absolute Gasteiger partial charge is 0.454 e. The van der Waals surface area contributed by atoms with Crippen LogP contribution in [0.2, 0.25) is 0 Å². The summed E-state index contributed by atoms with van der Waals surface area (Å²) in [6, 6.07) is 6.12. The molecule has 2 unspecified atom stereocenters. The van der Waals surface area contributed by atoms with E-state index in [-0.39, 0.29) is 17.9 Å². The molecule has 2 N–H and O–H groups in total. The lowest BCUT2D eigenvalue weighted by Gasteiger charge is -2.65. The molecule has 5 aliphatic rings. The molecule has 0 spiro atoms. The Bertz CT molecular complexity index is 912. The maximum atomic E-state index is 13.7. The summed E-state index contributed by atoms with van der Waals surface area (Å²) in [6.45, 7) is 3.71. The quantitative estimate of drug-likeness (QED) is 0.441. The molecule has 4 fully saturated rings. The van der Waals surface area contributed by atoms with Crippen molar-refractivity contribution in [3.05, 3.63) is 36.4 Å². The fourth-order valence-electron chi connectivity index (χ4n) is 7.69. The number of hydrogen-bond acceptors (Lipinski definition) is 3. The highest BCUT2D eigenvalue weighted by Gasteiger charge is 2.56. The summed E-state index contributed by atoms with van der Waals surface area (Å²) in [7, 11) is 4.68. The van der Waals surface area contributed by atoms with Gasteiger partial charge in [0.1, 0.15) is 6.04 Å². The van der Waals surface area contributed by atoms with Crippen LogP contribution >= 0.6 is 0 Å². The van der Waals surface area contributed by atoms with Gasteiger partial charge in [0.05, 0.1) is 19.1 Å². The van der Waals surface area contributed by atoms with E-state index in [1.165, 1.54) is 38.8 Å². The van der Waals surface area contributed by atoms with E-state index in [4.69, 9.17) is 5.73 Å². The van der Waals surface area contributed by atoms with Gasteiger partial charge < -0.3 is 20.0 Å². The van der Waals surface area contributed by atoms with E-state index in [1.807, 2.05) is 18.2 Å². The van der Waals surface area contributed by atoms with Gasteiger partial charge in [-0.2, -0.15) is 0 Å². The summed E-state index contributed by atoms with van der Waals surface area (Å²) in [5.41, 5.74) is 8.33. The van der Waals surface area contributed by atoms with Crippen molar-refractivity contribution < 1.29 is 14.1 Å². The molecule has 6 nitrogen and oxygen atoms in total. The van der Waals surface area contributed by atoms with Crippen LogP contribution < -0.4 is 5.73 Å². The molecule has 4 saturated heterocycles. The fourth-order valence-corrected chi connectivity index (χ4v) is 7.69. The molecule has 6 heteroatoms. The smallest absolute Gasteiger partial charge is 0.255 e. The average Bonchev–Trinajstić information content (AvgIpc) is 3.07. The number of fused-ring (bicyclic) bond motifs is 3. The number of amides is 2. The van der Waals surface area contributed by atoms with Gasteiger partial charge in [-0.3, -0.25) is 9.59 Å². The van der Waals surface area contributed by atoms with E-state index < -0.39 is 0 Å². The van der Waals surface area contributed by atoms with Crippen molar-refractivity contribution in [3.63, 3.8) is 0 Å². The molecule has 2 amide bonds. The first-order valence-electron chi connectivity index (χ1n) is 11.7. The first kappa shape index (κ1) is 18.7. The minimum atomic E-state index is -0.344. The van der Waals surface area contributed by atoms with E-state index in [0.717, 1.165) is 29.4 Å². The van der Waals surface area contributed by atoms with Crippen LogP contribution in [-0.4, -0.2) is 63.9 Å². The van der Waals surface area contributed by atoms with Crippen molar-refractivity contribution in [2.45, 2.75) is 63.2 Å². The first-order valence-corrected chi connectivity index (χ1v) is 11.7. The fraction of sp³-hybridized carbons (Fsp3) is 0.625. The second-order valence-corrected chi connectivity index (χ2v) is 10.3. The topological polar surface area (TPSA) is 66.6 Å². The lowest BCUT2D eigenvalue weighted by atomic mass is 9.66. The molecule has 160 valence electrons. The third-order valence-corrected chi connectivity index (χ3v) is 8.91. The lowest BCUT2D eigenvalue weighted by molar-refractivity contribution is -0.930. The van der Waals surface area contributed by atoms with Crippen LogP contribution in [0.5, 0.6) is 0 Å². The maximum Gasteiger partial charge on any atom is 0.255 e. The van der Waals surface area contributed by atoms with Gasteiger partial charge in [-0.15, -0.1) is 7.05 Å². The normalized spacial score (nSPS) is 40.1. The monoisotopic (exact) mass is 408 g/mol. The van der Waals surface area contributed by atoms with Crippen LogP contribution in [0.1, 0.15) is 54.4 Å². The van der Waals surface area contributed by atoms with Gasteiger partial charge in [0.25, 0.3) is 5.91 Å². The molecule has 0 aromatic heterocycles. The second-order valence-electron chi connectivity index (χ2n) is 10.3. The van der Waals surface area contributed by atoms with Crippen molar-refractivity contribution in [2.24, 2.45) is 11.8 Å². The molecule has 6 atom stereocenters. The summed E-state index contributed by atoms with van der Waals surface area (Å²) in [4.78, 5) is 30.8. The number of carbonyl (C=O) groups is 2. The number of benzene rings is 1. The van der Waals surface area contributed by atoms with Crippen molar-refractivity contribution in [1.82, 2.24) is 9.80 Å². The highest BCUT2D eigenvalue weighted by atomic mass is 16.2. The molecule has 5 aliphatic heterocycles. The van der Waals surface area contributed by atoms with E-state index in [2.05, 4.69) is 11.9 Å². The van der Waals surface area contributed by atoms with Crippen LogP contribution in [0.15, 0.2) is 18.2 Å². The number of quaternary nitrogens is 1. The molecule has 1 aromatic rings. The van der Waals surface area contributed by atoms with E-state index in [1.54, 1.807) is 4.90 Å². The van der Waals surface area contributed by atoms with Crippen molar-refractivity contribution in [1.29, 1.82) is 0 Å². The van der Waals surface area contributed by atoms with Gasteiger partial charge in [-0.25, -0.2) is 0 Å². The van der Waals surface area contributed by atoms with Crippen LogP contribution in [0.25, 0.3) is 0 Å². The van der Waals surface area contributed by atoms with Gasteiger partial charge in [0.2, 0.25) is 5.91 Å². The first-order chi connectivity index (χ1) is 14.5. The van der Waals surface area contributed by atoms with E-state index >= 15 is 0 Å². The Morgan fingerprint density at radius 1 is 1.03 bits per heavy atom. The summed E-state index contributed by atoms with van der Waals surface area (Å²) >= 11 is 0. The zero-order valence-corrected chi connectivity index (χ0v) is 17.6. The number of carbonyl (C=O) groups excluding carboxylic acids is 2. The summed E-state index contributed by atoms with van der Waals surface area (Å²) in [5.74, 6) is 1.26. The van der Waals surface area contributed by atoms with E-state index in [9.17, 15) is 9.59 Å². The third-order valence-electron chi connectivity index (χ3n) is 8.91. The SMILES string of the molecule is [CH2-][N+]12CCC[C@@H]3CN4C(=O)C(N5Cc6c(N)cccc6C5=O)CC[C@@H]4[C@@H](CCC1)[C@H]32. The molecule has 5 heterocycles. The van der Waals surface area contributed by atoms with E-state index in [0.29, 0.717) is 41.7 Å². The van der Waals surface area contributed by atoms with Crippen LogP contribution in [0, 0.1) is 18.9 Å². The minimum absolute atomic E-state index is 0.0345. The Balaban J connectivity index is 1.28. The second kappa shape index (κ2) is 6.46. The van der Waals surface area contributed by atoms with Crippen molar-refractivity contribution >= 4 is 17.5 Å². The highest BCUT2D eigenvalue weighted by molar-refractivity contribution is 6.02. The number of piperidine rings is 4. The molecule has 6 rings (SSSR count). The predicted molar refractivity (Wildman–Crippen MR) is 114 cm³/mol.